The minimum absolute atomic E-state index is 0.131. The summed E-state index contributed by atoms with van der Waals surface area (Å²) in [5.41, 5.74) is 1.40. The molecule has 0 saturated carbocycles. The van der Waals surface area contributed by atoms with E-state index in [1.54, 1.807) is 0 Å². The molecule has 3 nitrogen and oxygen atoms in total. The van der Waals surface area contributed by atoms with Crippen LogP contribution in [0.15, 0.2) is 0 Å². The Balaban J connectivity index is 2.13. The molecule has 1 aliphatic rings. The molecule has 1 N–H and O–H groups in total. The van der Waals surface area contributed by atoms with Gasteiger partial charge in [0.1, 0.15) is 0 Å². The summed E-state index contributed by atoms with van der Waals surface area (Å²) in [5.74, 6) is 0.672. The third-order valence-corrected chi connectivity index (χ3v) is 4.55. The molecule has 19 heavy (non-hydrogen) atoms. The van der Waals surface area contributed by atoms with Gasteiger partial charge in [0.05, 0.1) is 10.7 Å². The SMILES string of the molecule is CCNCc1sc(CC2CCOC2)nc1C(C)(C)C. The smallest absolute Gasteiger partial charge is 0.0935 e. The van der Waals surface area contributed by atoms with Crippen LogP contribution in [0.5, 0.6) is 0 Å². The van der Waals surface area contributed by atoms with Crippen molar-refractivity contribution >= 4 is 11.3 Å². The lowest BCUT2D eigenvalue weighted by Crippen LogP contribution is -2.18. The van der Waals surface area contributed by atoms with Crippen LogP contribution in [0, 0.1) is 5.92 Å². The Morgan fingerprint density at radius 3 is 2.79 bits per heavy atom. The number of thiazole rings is 1. The first kappa shape index (κ1) is 14.9. The molecule has 0 radical (unpaired) electrons. The van der Waals surface area contributed by atoms with Crippen LogP contribution < -0.4 is 5.32 Å². The molecule has 0 amide bonds. The monoisotopic (exact) mass is 282 g/mol. The van der Waals surface area contributed by atoms with Gasteiger partial charge in [0.2, 0.25) is 0 Å². The minimum Gasteiger partial charge on any atom is -0.381 e. The van der Waals surface area contributed by atoms with Crippen LogP contribution in [0.25, 0.3) is 0 Å². The van der Waals surface area contributed by atoms with Crippen molar-refractivity contribution in [2.75, 3.05) is 19.8 Å². The lowest BCUT2D eigenvalue weighted by Gasteiger charge is -2.17. The fourth-order valence-electron chi connectivity index (χ4n) is 2.42. The lowest BCUT2D eigenvalue weighted by molar-refractivity contribution is 0.186. The van der Waals surface area contributed by atoms with E-state index in [9.17, 15) is 0 Å². The molecule has 1 atom stereocenters. The van der Waals surface area contributed by atoms with Crippen LogP contribution in [0.2, 0.25) is 0 Å². The Labute approximate surface area is 120 Å². The summed E-state index contributed by atoms with van der Waals surface area (Å²) in [6.07, 6.45) is 2.27. The van der Waals surface area contributed by atoms with E-state index in [2.05, 4.69) is 33.0 Å². The van der Waals surface area contributed by atoms with E-state index >= 15 is 0 Å². The average molecular weight is 282 g/mol. The molecule has 1 aromatic heterocycles. The average Bonchev–Trinajstić information content (AvgIpc) is 2.95. The molecule has 0 bridgehead atoms. The predicted octanol–water partition coefficient (Wildman–Crippen LogP) is 3.13. The van der Waals surface area contributed by atoms with Gasteiger partial charge >= 0.3 is 0 Å². The predicted molar refractivity (Wildman–Crippen MR) is 80.8 cm³/mol. The van der Waals surface area contributed by atoms with Crippen molar-refractivity contribution in [3.8, 4) is 0 Å². The van der Waals surface area contributed by atoms with Crippen molar-refractivity contribution in [2.45, 2.75) is 52.5 Å². The summed E-state index contributed by atoms with van der Waals surface area (Å²) < 4.78 is 5.46. The van der Waals surface area contributed by atoms with Gasteiger partial charge in [-0.25, -0.2) is 4.98 Å². The van der Waals surface area contributed by atoms with Gasteiger partial charge in [0.15, 0.2) is 0 Å². The maximum absolute atomic E-state index is 5.46. The van der Waals surface area contributed by atoms with Crippen molar-refractivity contribution in [2.24, 2.45) is 5.92 Å². The zero-order valence-corrected chi connectivity index (χ0v) is 13.4. The second kappa shape index (κ2) is 6.33. The number of hydrogen-bond donors (Lipinski definition) is 1. The molecule has 4 heteroatoms. The Bertz CT molecular complexity index is 403. The summed E-state index contributed by atoms with van der Waals surface area (Å²) in [5, 5.41) is 4.72. The summed E-state index contributed by atoms with van der Waals surface area (Å²) in [4.78, 5) is 6.33. The summed E-state index contributed by atoms with van der Waals surface area (Å²) in [6, 6.07) is 0. The van der Waals surface area contributed by atoms with Crippen LogP contribution in [0.1, 0.15) is 49.7 Å². The van der Waals surface area contributed by atoms with Crippen molar-refractivity contribution in [1.29, 1.82) is 0 Å². The van der Waals surface area contributed by atoms with Crippen LogP contribution in [0.3, 0.4) is 0 Å². The highest BCUT2D eigenvalue weighted by atomic mass is 32.1. The number of rotatable bonds is 5. The summed E-state index contributed by atoms with van der Waals surface area (Å²) in [6.45, 7) is 12.7. The van der Waals surface area contributed by atoms with Crippen LogP contribution in [-0.4, -0.2) is 24.7 Å². The number of aromatic nitrogens is 1. The molecule has 1 unspecified atom stereocenters. The number of ether oxygens (including phenoxy) is 1. The van der Waals surface area contributed by atoms with E-state index in [1.165, 1.54) is 22.0 Å². The number of nitrogens with zero attached hydrogens (tertiary/aromatic N) is 1. The summed E-state index contributed by atoms with van der Waals surface area (Å²) in [7, 11) is 0. The van der Waals surface area contributed by atoms with Crippen molar-refractivity contribution in [3.05, 3.63) is 15.6 Å². The van der Waals surface area contributed by atoms with Gasteiger partial charge in [-0.15, -0.1) is 11.3 Å². The fourth-order valence-corrected chi connectivity index (χ4v) is 3.79. The molecule has 0 spiro atoms. The van der Waals surface area contributed by atoms with E-state index in [4.69, 9.17) is 9.72 Å². The Kier molecular flexibility index (Phi) is 4.98. The first-order chi connectivity index (χ1) is 9.00. The van der Waals surface area contributed by atoms with Crippen molar-refractivity contribution in [3.63, 3.8) is 0 Å². The highest BCUT2D eigenvalue weighted by Crippen LogP contribution is 2.31. The van der Waals surface area contributed by atoms with Crippen LogP contribution >= 0.6 is 11.3 Å². The third kappa shape index (κ3) is 4.01. The highest BCUT2D eigenvalue weighted by Gasteiger charge is 2.25. The van der Waals surface area contributed by atoms with Gasteiger partial charge in [-0.3, -0.25) is 0 Å². The van der Waals surface area contributed by atoms with Gasteiger partial charge in [-0.1, -0.05) is 27.7 Å². The topological polar surface area (TPSA) is 34.1 Å². The molecule has 2 rings (SSSR count). The molecule has 1 aliphatic heterocycles. The Hall–Kier alpha value is -0.450. The third-order valence-electron chi connectivity index (χ3n) is 3.47. The number of nitrogens with one attached hydrogen (secondary N) is 1. The molecule has 0 aliphatic carbocycles. The first-order valence-corrected chi connectivity index (χ1v) is 8.10. The van der Waals surface area contributed by atoms with Crippen LogP contribution in [-0.2, 0) is 23.1 Å². The maximum Gasteiger partial charge on any atom is 0.0935 e. The molecular weight excluding hydrogens is 256 g/mol. The Morgan fingerprint density at radius 1 is 1.42 bits per heavy atom. The molecular formula is C15H26N2OS. The molecule has 0 aromatic carbocycles. The van der Waals surface area contributed by atoms with E-state index < -0.39 is 0 Å². The molecule has 1 fully saturated rings. The highest BCUT2D eigenvalue weighted by molar-refractivity contribution is 7.11. The van der Waals surface area contributed by atoms with E-state index in [-0.39, 0.29) is 5.41 Å². The van der Waals surface area contributed by atoms with E-state index in [0.717, 1.165) is 32.7 Å². The fraction of sp³-hybridized carbons (Fsp3) is 0.800. The quantitative estimate of drug-likeness (QED) is 0.901. The molecule has 1 saturated heterocycles. The van der Waals surface area contributed by atoms with Gasteiger partial charge in [0, 0.05) is 36.5 Å². The van der Waals surface area contributed by atoms with Crippen molar-refractivity contribution < 1.29 is 4.74 Å². The first-order valence-electron chi connectivity index (χ1n) is 7.28. The van der Waals surface area contributed by atoms with Gasteiger partial charge in [0.25, 0.3) is 0 Å². The molecule has 1 aromatic rings. The van der Waals surface area contributed by atoms with E-state index in [0.29, 0.717) is 5.92 Å². The number of hydrogen-bond acceptors (Lipinski definition) is 4. The molecule has 108 valence electrons. The zero-order chi connectivity index (χ0) is 13.9. The normalized spacial score (nSPS) is 20.1. The molecule has 2 heterocycles. The zero-order valence-electron chi connectivity index (χ0n) is 12.6. The Morgan fingerprint density at radius 2 is 2.21 bits per heavy atom. The minimum atomic E-state index is 0.131. The second-order valence-electron chi connectivity index (χ2n) is 6.34. The van der Waals surface area contributed by atoms with Gasteiger partial charge < -0.3 is 10.1 Å². The van der Waals surface area contributed by atoms with E-state index in [1.807, 2.05) is 11.3 Å². The van der Waals surface area contributed by atoms with Gasteiger partial charge in [-0.2, -0.15) is 0 Å². The standard InChI is InChI=1S/C15H26N2OS/c1-5-16-9-12-14(15(2,3)4)17-13(19-12)8-11-6-7-18-10-11/h11,16H,5-10H2,1-4H3. The largest absolute Gasteiger partial charge is 0.381 e. The lowest BCUT2D eigenvalue weighted by atomic mass is 9.91. The summed E-state index contributed by atoms with van der Waals surface area (Å²) >= 11 is 1.88. The second-order valence-corrected chi connectivity index (χ2v) is 7.51. The van der Waals surface area contributed by atoms with Crippen LogP contribution in [0.4, 0.5) is 0 Å². The van der Waals surface area contributed by atoms with Gasteiger partial charge in [-0.05, 0) is 18.9 Å². The van der Waals surface area contributed by atoms with Crippen molar-refractivity contribution in [1.82, 2.24) is 10.3 Å². The maximum atomic E-state index is 5.46.